The minimum Gasteiger partial charge on any atom is -0.487 e. The molecule has 1 amide bonds. The van der Waals surface area contributed by atoms with Gasteiger partial charge in [-0.2, -0.15) is 4.72 Å². The van der Waals surface area contributed by atoms with Gasteiger partial charge in [-0.1, -0.05) is 48.2 Å². The zero-order chi connectivity index (χ0) is 31.8. The standard InChI is InChI=1S/C33H41Cl2N5O4S/c1-22-20-23(2)37-31-25(22)6-5-7-28(31)44-21-26-27(34)8-9-29(30(26)35)45(42,43)38-33(12-3-4-13-33)32(41)40-18-16-39(17-19-40)24-10-14-36-15-11-24/h5-9,20,24,36,38H,3-4,10-19,21H2,1-2H3. The molecule has 9 nitrogen and oxygen atoms in total. The van der Waals surface area contributed by atoms with Gasteiger partial charge in [-0.25, -0.2) is 13.4 Å². The average molecular weight is 675 g/mol. The first-order valence-corrected chi connectivity index (χ1v) is 18.1. The number of hydrogen-bond acceptors (Lipinski definition) is 7. The SMILES string of the molecule is Cc1cc(C)c2cccc(OCc3c(Cl)ccc(S(=O)(=O)NC4(C(=O)N5CCN(C6CCNCC6)CC5)CCCC4)c3Cl)c2n1. The number of nitrogens with one attached hydrogen (secondary N) is 2. The normalized spacial score (nSPS) is 19.7. The third-order valence-corrected chi connectivity index (χ3v) is 12.0. The van der Waals surface area contributed by atoms with E-state index >= 15 is 0 Å². The van der Waals surface area contributed by atoms with E-state index in [4.69, 9.17) is 27.9 Å². The number of ether oxygens (including phenoxy) is 1. The van der Waals surface area contributed by atoms with Crippen molar-refractivity contribution < 1.29 is 17.9 Å². The van der Waals surface area contributed by atoms with Gasteiger partial charge in [-0.3, -0.25) is 9.69 Å². The summed E-state index contributed by atoms with van der Waals surface area (Å²) >= 11 is 13.3. The van der Waals surface area contributed by atoms with Crippen molar-refractivity contribution in [2.24, 2.45) is 0 Å². The van der Waals surface area contributed by atoms with Crippen LogP contribution in [0, 0.1) is 13.8 Å². The van der Waals surface area contributed by atoms with Crippen LogP contribution in [0.3, 0.4) is 0 Å². The molecule has 1 saturated carbocycles. The van der Waals surface area contributed by atoms with Gasteiger partial charge in [-0.15, -0.1) is 0 Å². The van der Waals surface area contributed by atoms with Gasteiger partial charge in [0.1, 0.15) is 28.3 Å². The summed E-state index contributed by atoms with van der Waals surface area (Å²) in [6.07, 6.45) is 4.68. The monoisotopic (exact) mass is 673 g/mol. The first-order chi connectivity index (χ1) is 21.6. The van der Waals surface area contributed by atoms with Crippen LogP contribution >= 0.6 is 23.2 Å². The molecule has 2 saturated heterocycles. The number of amides is 1. The molecule has 0 atom stereocenters. The third-order valence-electron chi connectivity index (χ3n) is 9.57. The average Bonchev–Trinajstić information content (AvgIpc) is 3.50. The molecule has 45 heavy (non-hydrogen) atoms. The number of carbonyl (C=O) groups excluding carboxylic acids is 1. The van der Waals surface area contributed by atoms with E-state index in [0.29, 0.717) is 48.8 Å². The number of benzene rings is 2. The summed E-state index contributed by atoms with van der Waals surface area (Å²) < 4.78 is 36.9. The molecule has 2 N–H and O–H groups in total. The van der Waals surface area contributed by atoms with Gasteiger partial charge in [0.05, 0.1) is 5.02 Å². The fourth-order valence-corrected chi connectivity index (χ4v) is 9.46. The highest BCUT2D eigenvalue weighted by Crippen LogP contribution is 2.37. The Morgan fingerprint density at radius 3 is 2.49 bits per heavy atom. The summed E-state index contributed by atoms with van der Waals surface area (Å²) in [5.74, 6) is 0.407. The van der Waals surface area contributed by atoms with Crippen LogP contribution in [-0.4, -0.2) is 80.0 Å². The van der Waals surface area contributed by atoms with E-state index in [1.165, 1.54) is 12.1 Å². The van der Waals surface area contributed by atoms with E-state index < -0.39 is 15.6 Å². The molecule has 2 aliphatic heterocycles. The Morgan fingerprint density at radius 1 is 1.07 bits per heavy atom. The second-order valence-electron chi connectivity index (χ2n) is 12.6. The highest BCUT2D eigenvalue weighted by Gasteiger charge is 2.47. The van der Waals surface area contributed by atoms with Crippen LogP contribution in [0.5, 0.6) is 5.75 Å². The molecule has 0 unspecified atom stereocenters. The number of piperidine rings is 1. The summed E-state index contributed by atoms with van der Waals surface area (Å²) in [7, 11) is -4.19. The highest BCUT2D eigenvalue weighted by atomic mass is 35.5. The van der Waals surface area contributed by atoms with Gasteiger partial charge in [0.2, 0.25) is 15.9 Å². The lowest BCUT2D eigenvalue weighted by molar-refractivity contribution is -0.139. The number of sulfonamides is 1. The molecule has 0 spiro atoms. The Kier molecular flexibility index (Phi) is 9.62. The molecule has 12 heteroatoms. The number of fused-ring (bicyclic) bond motifs is 1. The van der Waals surface area contributed by atoms with Crippen molar-refractivity contribution in [1.29, 1.82) is 0 Å². The first kappa shape index (κ1) is 32.5. The van der Waals surface area contributed by atoms with Gasteiger partial charge < -0.3 is 15.0 Å². The lowest BCUT2D eigenvalue weighted by atomic mass is 9.96. The van der Waals surface area contributed by atoms with Crippen LogP contribution < -0.4 is 14.8 Å². The zero-order valence-corrected chi connectivity index (χ0v) is 28.2. The number of rotatable bonds is 8. The molecule has 3 aliphatic rings. The molecule has 2 aromatic carbocycles. The molecule has 3 heterocycles. The minimum atomic E-state index is -4.19. The number of carbonyl (C=O) groups is 1. The van der Waals surface area contributed by atoms with Gasteiger partial charge >= 0.3 is 0 Å². The number of para-hydroxylation sites is 1. The second-order valence-corrected chi connectivity index (χ2v) is 15.0. The molecule has 3 fully saturated rings. The van der Waals surface area contributed by atoms with Crippen LogP contribution in [0.2, 0.25) is 10.0 Å². The molecule has 6 rings (SSSR count). The largest absolute Gasteiger partial charge is 0.487 e. The summed E-state index contributed by atoms with van der Waals surface area (Å²) in [5, 5.41) is 4.65. The third kappa shape index (κ3) is 6.68. The van der Waals surface area contributed by atoms with Gasteiger partial charge in [-0.05, 0) is 82.4 Å². The van der Waals surface area contributed by atoms with E-state index in [9.17, 15) is 13.2 Å². The van der Waals surface area contributed by atoms with E-state index in [2.05, 4.69) is 19.9 Å². The van der Waals surface area contributed by atoms with Crippen LogP contribution in [0.1, 0.15) is 55.3 Å². The number of hydrogen-bond donors (Lipinski definition) is 2. The van der Waals surface area contributed by atoms with Gasteiger partial charge in [0.15, 0.2) is 0 Å². The molecular formula is C33H41Cl2N5O4S. The molecule has 0 radical (unpaired) electrons. The summed E-state index contributed by atoms with van der Waals surface area (Å²) in [5.41, 5.74) is 1.82. The maximum absolute atomic E-state index is 14.0. The quantitative estimate of drug-likeness (QED) is 0.338. The predicted molar refractivity (Wildman–Crippen MR) is 178 cm³/mol. The summed E-state index contributed by atoms with van der Waals surface area (Å²) in [4.78, 5) is 22.9. The molecular weight excluding hydrogens is 633 g/mol. The van der Waals surface area contributed by atoms with Crippen molar-refractivity contribution in [3.05, 3.63) is 63.3 Å². The summed E-state index contributed by atoms with van der Waals surface area (Å²) in [6.45, 7) is 8.73. The Hall–Kier alpha value is -2.47. The Bertz CT molecular complexity index is 1680. The molecule has 1 aromatic heterocycles. The Labute approximate surface area is 275 Å². The van der Waals surface area contributed by atoms with Crippen molar-refractivity contribution in [2.75, 3.05) is 39.3 Å². The van der Waals surface area contributed by atoms with E-state index in [0.717, 1.165) is 68.5 Å². The van der Waals surface area contributed by atoms with E-state index in [-0.39, 0.29) is 27.5 Å². The number of halogens is 2. The van der Waals surface area contributed by atoms with Gasteiger partial charge in [0.25, 0.3) is 0 Å². The number of piperazine rings is 1. The molecule has 242 valence electrons. The second kappa shape index (κ2) is 13.3. The summed E-state index contributed by atoms with van der Waals surface area (Å²) in [6, 6.07) is 11.2. The van der Waals surface area contributed by atoms with Gasteiger partial charge in [0, 0.05) is 53.9 Å². The predicted octanol–water partition coefficient (Wildman–Crippen LogP) is 5.22. The van der Waals surface area contributed by atoms with Crippen LogP contribution in [-0.2, 0) is 21.4 Å². The molecule has 1 aliphatic carbocycles. The maximum Gasteiger partial charge on any atom is 0.243 e. The minimum absolute atomic E-state index is 0.0215. The lowest BCUT2D eigenvalue weighted by Crippen LogP contribution is -2.62. The topological polar surface area (TPSA) is 104 Å². The smallest absolute Gasteiger partial charge is 0.243 e. The molecule has 0 bridgehead atoms. The fraction of sp³-hybridized carbons (Fsp3) is 0.515. The first-order valence-electron chi connectivity index (χ1n) is 15.8. The lowest BCUT2D eigenvalue weighted by Gasteiger charge is -2.43. The van der Waals surface area contributed by atoms with Crippen molar-refractivity contribution in [2.45, 2.75) is 75.5 Å². The zero-order valence-electron chi connectivity index (χ0n) is 25.9. The number of aromatic nitrogens is 1. The van der Waals surface area contributed by atoms with Crippen molar-refractivity contribution in [1.82, 2.24) is 24.8 Å². The van der Waals surface area contributed by atoms with E-state index in [1.807, 2.05) is 43.0 Å². The maximum atomic E-state index is 14.0. The Balaban J connectivity index is 1.20. The van der Waals surface area contributed by atoms with Crippen LogP contribution in [0.25, 0.3) is 10.9 Å². The molecule has 3 aromatic rings. The van der Waals surface area contributed by atoms with Crippen molar-refractivity contribution >= 4 is 50.0 Å². The number of aryl methyl sites for hydroxylation is 2. The number of nitrogens with zero attached hydrogens (tertiary/aromatic N) is 3. The van der Waals surface area contributed by atoms with Crippen LogP contribution in [0.15, 0.2) is 41.3 Å². The van der Waals surface area contributed by atoms with E-state index in [1.54, 1.807) is 0 Å². The van der Waals surface area contributed by atoms with Crippen LogP contribution in [0.4, 0.5) is 0 Å². The van der Waals surface area contributed by atoms with Crippen molar-refractivity contribution in [3.63, 3.8) is 0 Å². The fourth-order valence-electron chi connectivity index (χ4n) is 7.15. The number of pyridine rings is 1. The highest BCUT2D eigenvalue weighted by molar-refractivity contribution is 7.89. The Morgan fingerprint density at radius 2 is 1.78 bits per heavy atom. The van der Waals surface area contributed by atoms with Crippen molar-refractivity contribution in [3.8, 4) is 5.75 Å².